The number of nitrogens with zero attached hydrogens (tertiary/aromatic N) is 2. The van der Waals surface area contributed by atoms with E-state index in [1.54, 1.807) is 31.2 Å². The lowest BCUT2D eigenvalue weighted by Crippen LogP contribution is -2.13. The van der Waals surface area contributed by atoms with Gasteiger partial charge in [0.1, 0.15) is 0 Å². The van der Waals surface area contributed by atoms with Crippen LogP contribution in [-0.2, 0) is 0 Å². The van der Waals surface area contributed by atoms with Crippen LogP contribution < -0.4 is 14.8 Å². The number of carbonyl (C=O) groups excluding carboxylic acids is 1. The van der Waals surface area contributed by atoms with Crippen molar-refractivity contribution in [1.82, 2.24) is 10.1 Å². The molecule has 3 aromatic rings. The van der Waals surface area contributed by atoms with Gasteiger partial charge >= 0.3 is 0 Å². The Bertz CT molecular complexity index is 964. The summed E-state index contributed by atoms with van der Waals surface area (Å²) in [5.74, 6) is 1.07. The number of pyridine rings is 1. The van der Waals surface area contributed by atoms with E-state index in [0.29, 0.717) is 58.5 Å². The molecule has 1 aliphatic rings. The monoisotopic (exact) mass is 339 g/mol. The Hall–Kier alpha value is -3.09. The van der Waals surface area contributed by atoms with Crippen molar-refractivity contribution < 1.29 is 18.8 Å². The number of rotatable bonds is 2. The fraction of sp³-hybridized carbons (Fsp3) is 0.278. The van der Waals surface area contributed by atoms with E-state index in [4.69, 9.17) is 14.0 Å². The van der Waals surface area contributed by atoms with Gasteiger partial charge in [-0.05, 0) is 32.0 Å². The van der Waals surface area contributed by atoms with E-state index in [0.717, 1.165) is 6.42 Å². The zero-order chi connectivity index (χ0) is 17.4. The lowest BCUT2D eigenvalue weighted by Gasteiger charge is -2.11. The first-order valence-electron chi connectivity index (χ1n) is 8.06. The van der Waals surface area contributed by atoms with Crippen LogP contribution in [0.15, 0.2) is 28.8 Å². The van der Waals surface area contributed by atoms with Gasteiger partial charge in [0, 0.05) is 23.9 Å². The van der Waals surface area contributed by atoms with Crippen molar-refractivity contribution >= 4 is 22.7 Å². The summed E-state index contributed by atoms with van der Waals surface area (Å²) in [6.45, 7) is 4.81. The standard InChI is InChI=1S/C18H17N3O4/c1-10-8-13(16-11(2)21-25-18(16)19-10)17(22)20-12-4-5-14-15(9-12)24-7-3-6-23-14/h4-5,8-9H,3,6-7H2,1-2H3,(H,20,22). The van der Waals surface area contributed by atoms with Crippen LogP contribution in [0.2, 0.25) is 0 Å². The topological polar surface area (TPSA) is 86.5 Å². The van der Waals surface area contributed by atoms with E-state index in [-0.39, 0.29) is 5.91 Å². The molecular formula is C18H17N3O4. The highest BCUT2D eigenvalue weighted by atomic mass is 16.5. The average Bonchev–Trinajstić information content (AvgIpc) is 2.81. The molecule has 7 nitrogen and oxygen atoms in total. The maximum absolute atomic E-state index is 12.8. The number of hydrogen-bond donors (Lipinski definition) is 1. The van der Waals surface area contributed by atoms with E-state index in [1.807, 2.05) is 6.92 Å². The van der Waals surface area contributed by atoms with Gasteiger partial charge in [-0.3, -0.25) is 4.79 Å². The first-order valence-corrected chi connectivity index (χ1v) is 8.06. The fourth-order valence-corrected chi connectivity index (χ4v) is 2.84. The lowest BCUT2D eigenvalue weighted by atomic mass is 10.1. The van der Waals surface area contributed by atoms with Gasteiger partial charge in [-0.2, -0.15) is 0 Å². The third-order valence-corrected chi connectivity index (χ3v) is 4.00. The molecule has 2 aromatic heterocycles. The zero-order valence-corrected chi connectivity index (χ0v) is 14.0. The Morgan fingerprint density at radius 2 is 1.92 bits per heavy atom. The molecule has 0 saturated carbocycles. The quantitative estimate of drug-likeness (QED) is 0.771. The number of carbonyl (C=O) groups is 1. The molecule has 128 valence electrons. The molecule has 0 saturated heterocycles. The van der Waals surface area contributed by atoms with Crippen LogP contribution >= 0.6 is 0 Å². The molecule has 7 heteroatoms. The van der Waals surface area contributed by atoms with Gasteiger partial charge in [-0.15, -0.1) is 0 Å². The normalized spacial score (nSPS) is 13.5. The van der Waals surface area contributed by atoms with Crippen LogP contribution in [0.25, 0.3) is 11.1 Å². The number of ether oxygens (including phenoxy) is 2. The van der Waals surface area contributed by atoms with Crippen LogP contribution in [0.3, 0.4) is 0 Å². The van der Waals surface area contributed by atoms with Crippen molar-refractivity contribution in [3.05, 3.63) is 41.2 Å². The fourth-order valence-electron chi connectivity index (χ4n) is 2.84. The second-order valence-corrected chi connectivity index (χ2v) is 5.93. The van der Waals surface area contributed by atoms with Crippen LogP contribution in [0.1, 0.15) is 28.2 Å². The molecular weight excluding hydrogens is 322 g/mol. The van der Waals surface area contributed by atoms with E-state index in [9.17, 15) is 4.79 Å². The number of aromatic nitrogens is 2. The summed E-state index contributed by atoms with van der Waals surface area (Å²) in [4.78, 5) is 17.1. The number of nitrogens with one attached hydrogen (secondary N) is 1. The summed E-state index contributed by atoms with van der Waals surface area (Å²) < 4.78 is 16.4. The smallest absolute Gasteiger partial charge is 0.258 e. The zero-order valence-electron chi connectivity index (χ0n) is 14.0. The lowest BCUT2D eigenvalue weighted by molar-refractivity contribution is 0.102. The maximum atomic E-state index is 12.8. The second-order valence-electron chi connectivity index (χ2n) is 5.93. The van der Waals surface area contributed by atoms with Crippen molar-refractivity contribution in [2.24, 2.45) is 0 Å². The molecule has 0 spiro atoms. The van der Waals surface area contributed by atoms with Crippen molar-refractivity contribution in [1.29, 1.82) is 0 Å². The number of benzene rings is 1. The SMILES string of the molecule is Cc1cc(C(=O)Nc2ccc3c(c2)OCCCO3)c2c(C)noc2n1. The number of amides is 1. The summed E-state index contributed by atoms with van der Waals surface area (Å²) in [5.41, 5.74) is 2.79. The van der Waals surface area contributed by atoms with E-state index in [1.165, 1.54) is 0 Å². The Morgan fingerprint density at radius 1 is 1.12 bits per heavy atom. The Morgan fingerprint density at radius 3 is 2.76 bits per heavy atom. The highest BCUT2D eigenvalue weighted by molar-refractivity contribution is 6.12. The maximum Gasteiger partial charge on any atom is 0.258 e. The number of aryl methyl sites for hydroxylation is 2. The largest absolute Gasteiger partial charge is 0.490 e. The van der Waals surface area contributed by atoms with Crippen molar-refractivity contribution in [3.63, 3.8) is 0 Å². The molecule has 0 radical (unpaired) electrons. The minimum atomic E-state index is -0.253. The van der Waals surface area contributed by atoms with Gasteiger partial charge < -0.3 is 19.3 Å². The van der Waals surface area contributed by atoms with Crippen molar-refractivity contribution in [2.45, 2.75) is 20.3 Å². The molecule has 0 bridgehead atoms. The highest BCUT2D eigenvalue weighted by Gasteiger charge is 2.19. The predicted octanol–water partition coefficient (Wildman–Crippen LogP) is 3.25. The minimum absolute atomic E-state index is 0.253. The Balaban J connectivity index is 1.67. The van der Waals surface area contributed by atoms with Crippen molar-refractivity contribution in [3.8, 4) is 11.5 Å². The van der Waals surface area contributed by atoms with E-state index in [2.05, 4.69) is 15.5 Å². The molecule has 0 fully saturated rings. The highest BCUT2D eigenvalue weighted by Crippen LogP contribution is 2.32. The van der Waals surface area contributed by atoms with Gasteiger partial charge in [0.15, 0.2) is 11.5 Å². The molecule has 1 N–H and O–H groups in total. The first-order chi connectivity index (χ1) is 12.1. The number of fused-ring (bicyclic) bond motifs is 2. The van der Waals surface area contributed by atoms with Gasteiger partial charge in [0.25, 0.3) is 11.6 Å². The van der Waals surface area contributed by atoms with Gasteiger partial charge in [0.05, 0.1) is 29.9 Å². The van der Waals surface area contributed by atoms with Crippen molar-refractivity contribution in [2.75, 3.05) is 18.5 Å². The molecule has 0 atom stereocenters. The average molecular weight is 339 g/mol. The minimum Gasteiger partial charge on any atom is -0.490 e. The second kappa shape index (κ2) is 6.08. The molecule has 3 heterocycles. The number of anilines is 1. The van der Waals surface area contributed by atoms with Crippen LogP contribution in [-0.4, -0.2) is 29.3 Å². The molecule has 1 amide bonds. The van der Waals surface area contributed by atoms with E-state index < -0.39 is 0 Å². The van der Waals surface area contributed by atoms with Gasteiger partial charge in [0.2, 0.25) is 0 Å². The summed E-state index contributed by atoms with van der Waals surface area (Å²) in [5, 5.41) is 7.42. The molecule has 1 aliphatic heterocycles. The van der Waals surface area contributed by atoms with Gasteiger partial charge in [-0.25, -0.2) is 4.98 Å². The first kappa shape index (κ1) is 15.4. The van der Waals surface area contributed by atoms with E-state index >= 15 is 0 Å². The number of hydrogen-bond acceptors (Lipinski definition) is 6. The Kier molecular flexibility index (Phi) is 3.76. The molecule has 25 heavy (non-hydrogen) atoms. The molecule has 0 unspecified atom stereocenters. The Labute approximate surface area is 143 Å². The summed E-state index contributed by atoms with van der Waals surface area (Å²) in [7, 11) is 0. The van der Waals surface area contributed by atoms with Gasteiger partial charge in [-0.1, -0.05) is 5.16 Å². The van der Waals surface area contributed by atoms with Crippen LogP contribution in [0.5, 0.6) is 11.5 Å². The molecule has 0 aliphatic carbocycles. The molecule has 1 aromatic carbocycles. The summed E-state index contributed by atoms with van der Waals surface area (Å²) in [6.07, 6.45) is 0.831. The van der Waals surface area contributed by atoms with Crippen LogP contribution in [0, 0.1) is 13.8 Å². The third kappa shape index (κ3) is 2.88. The summed E-state index contributed by atoms with van der Waals surface area (Å²) in [6, 6.07) is 7.08. The van der Waals surface area contributed by atoms with Crippen LogP contribution in [0.4, 0.5) is 5.69 Å². The predicted molar refractivity (Wildman–Crippen MR) is 91.3 cm³/mol. The third-order valence-electron chi connectivity index (χ3n) is 4.00. The molecule has 4 rings (SSSR count). The summed E-state index contributed by atoms with van der Waals surface area (Å²) >= 11 is 0.